The van der Waals surface area contributed by atoms with Crippen molar-refractivity contribution < 1.29 is 9.22 Å². The monoisotopic (exact) mass is 532 g/mol. The molecule has 0 fully saturated rings. The summed E-state index contributed by atoms with van der Waals surface area (Å²) < 4.78 is 10.2. The Morgan fingerprint density at radius 2 is 1.66 bits per heavy atom. The first-order valence-electron chi connectivity index (χ1n) is 13.1. The van der Waals surface area contributed by atoms with Crippen LogP contribution in [-0.2, 0) is 16.4 Å². The third-order valence-corrected chi connectivity index (χ3v) is 11.8. The van der Waals surface area contributed by atoms with Gasteiger partial charge in [-0.1, -0.05) is 53.7 Å². The third-order valence-electron chi connectivity index (χ3n) is 7.22. The van der Waals surface area contributed by atoms with Crippen LogP contribution in [0, 0.1) is 0 Å². The molecule has 2 heterocycles. The minimum absolute atomic E-state index is 0.134. The molecule has 0 aliphatic heterocycles. The van der Waals surface area contributed by atoms with E-state index in [1.54, 1.807) is 0 Å². The zero-order valence-corrected chi connectivity index (χ0v) is 24.8. The summed E-state index contributed by atoms with van der Waals surface area (Å²) in [6.45, 7) is 18.6. The van der Waals surface area contributed by atoms with Crippen molar-refractivity contribution in [2.45, 2.75) is 71.6 Å². The van der Waals surface area contributed by atoms with Gasteiger partial charge in [-0.05, 0) is 54.5 Å². The smallest absolute Gasteiger partial charge is 0.324 e. The standard InChI is InChI=1S/C29H40N6O2Si/c1-28(2,3)25-19-26(35(33-25)17-18-37-38(7,8)29(4,5)6)32-27(36)31-21-13-15-22(16-14-21)34-20-30-23-11-9-10-12-24(23)34/h9-16,19-20H,17-18H2,1-8H3,(H2,31,32,36). The topological polar surface area (TPSA) is 86.0 Å². The fourth-order valence-corrected chi connectivity index (χ4v) is 4.84. The average molecular weight is 533 g/mol. The highest BCUT2D eigenvalue weighted by Crippen LogP contribution is 2.36. The molecule has 0 spiro atoms. The average Bonchev–Trinajstić information content (AvgIpc) is 3.43. The number of imidazole rings is 1. The van der Waals surface area contributed by atoms with E-state index in [4.69, 9.17) is 9.52 Å². The van der Waals surface area contributed by atoms with Crippen LogP contribution in [0.5, 0.6) is 0 Å². The summed E-state index contributed by atoms with van der Waals surface area (Å²) >= 11 is 0. The molecule has 0 bridgehead atoms. The Hall–Kier alpha value is -3.43. The van der Waals surface area contributed by atoms with Gasteiger partial charge in [0.2, 0.25) is 0 Å². The van der Waals surface area contributed by atoms with Gasteiger partial charge < -0.3 is 9.74 Å². The molecule has 2 amide bonds. The molecular formula is C29H40N6O2Si. The van der Waals surface area contributed by atoms with E-state index in [0.717, 1.165) is 22.4 Å². The van der Waals surface area contributed by atoms with Crippen molar-refractivity contribution in [1.29, 1.82) is 0 Å². The highest BCUT2D eigenvalue weighted by Gasteiger charge is 2.37. The Labute approximate surface area is 226 Å². The molecule has 4 rings (SSSR count). The van der Waals surface area contributed by atoms with E-state index in [0.29, 0.717) is 24.7 Å². The molecular weight excluding hydrogens is 492 g/mol. The van der Waals surface area contributed by atoms with E-state index < -0.39 is 8.32 Å². The largest absolute Gasteiger partial charge is 0.415 e. The number of hydrogen-bond acceptors (Lipinski definition) is 4. The number of fused-ring (bicyclic) bond motifs is 1. The lowest BCUT2D eigenvalue weighted by Gasteiger charge is -2.36. The zero-order valence-electron chi connectivity index (χ0n) is 23.8. The number of urea groups is 1. The van der Waals surface area contributed by atoms with Gasteiger partial charge in [-0.2, -0.15) is 5.10 Å². The Morgan fingerprint density at radius 1 is 0.974 bits per heavy atom. The predicted octanol–water partition coefficient (Wildman–Crippen LogP) is 7.19. The van der Waals surface area contributed by atoms with Crippen LogP contribution in [0.3, 0.4) is 0 Å². The molecule has 2 aromatic heterocycles. The van der Waals surface area contributed by atoms with Crippen LogP contribution in [0.15, 0.2) is 60.9 Å². The molecule has 0 unspecified atom stereocenters. The molecule has 0 aliphatic carbocycles. The first-order chi connectivity index (χ1) is 17.7. The van der Waals surface area contributed by atoms with Crippen LogP contribution in [0.25, 0.3) is 16.7 Å². The second-order valence-corrected chi connectivity index (χ2v) is 17.0. The summed E-state index contributed by atoms with van der Waals surface area (Å²) in [6, 6.07) is 17.3. The van der Waals surface area contributed by atoms with Crippen LogP contribution in [0.4, 0.5) is 16.3 Å². The molecule has 0 saturated heterocycles. The first kappa shape index (κ1) is 27.6. The first-order valence-corrected chi connectivity index (χ1v) is 16.0. The maximum absolute atomic E-state index is 12.9. The summed E-state index contributed by atoms with van der Waals surface area (Å²) in [5, 5.41) is 10.8. The van der Waals surface area contributed by atoms with Gasteiger partial charge in [0.1, 0.15) is 12.1 Å². The maximum Gasteiger partial charge on any atom is 0.324 e. The quantitative estimate of drug-likeness (QED) is 0.247. The summed E-state index contributed by atoms with van der Waals surface area (Å²) in [5.41, 5.74) is 4.41. The van der Waals surface area contributed by atoms with Crippen LogP contribution in [0.2, 0.25) is 18.1 Å². The predicted molar refractivity (Wildman–Crippen MR) is 158 cm³/mol. The van der Waals surface area contributed by atoms with Gasteiger partial charge in [-0.25, -0.2) is 14.5 Å². The minimum Gasteiger partial charge on any atom is -0.415 e. The van der Waals surface area contributed by atoms with Gasteiger partial charge in [0.15, 0.2) is 8.32 Å². The van der Waals surface area contributed by atoms with Crippen molar-refractivity contribution in [2.75, 3.05) is 17.2 Å². The molecule has 38 heavy (non-hydrogen) atoms. The van der Waals surface area contributed by atoms with Crippen LogP contribution in [0.1, 0.15) is 47.2 Å². The van der Waals surface area contributed by atoms with E-state index in [2.05, 4.69) is 70.3 Å². The molecule has 202 valence electrons. The SMILES string of the molecule is CC(C)(C)c1cc(NC(=O)Nc2ccc(-n3cnc4ccccc43)cc2)n(CCO[Si](C)(C)C(C)(C)C)n1. The van der Waals surface area contributed by atoms with Crippen molar-refractivity contribution in [3.8, 4) is 5.69 Å². The van der Waals surface area contributed by atoms with Gasteiger partial charge in [0.25, 0.3) is 0 Å². The third kappa shape index (κ3) is 6.16. The van der Waals surface area contributed by atoms with Crippen molar-refractivity contribution in [3.63, 3.8) is 0 Å². The number of benzene rings is 2. The van der Waals surface area contributed by atoms with Gasteiger partial charge in [-0.3, -0.25) is 9.88 Å². The molecule has 8 nitrogen and oxygen atoms in total. The fraction of sp³-hybridized carbons (Fsp3) is 0.414. The van der Waals surface area contributed by atoms with E-state index in [1.807, 2.05) is 70.2 Å². The number of para-hydroxylation sites is 2. The molecule has 2 aromatic carbocycles. The molecule has 0 saturated carbocycles. The Balaban J connectivity index is 1.44. The number of carbonyl (C=O) groups is 1. The second-order valence-electron chi connectivity index (χ2n) is 12.2. The lowest BCUT2D eigenvalue weighted by Crippen LogP contribution is -2.41. The van der Waals surface area contributed by atoms with Crippen molar-refractivity contribution in [1.82, 2.24) is 19.3 Å². The Kier molecular flexibility index (Phi) is 7.54. The van der Waals surface area contributed by atoms with E-state index >= 15 is 0 Å². The van der Waals surface area contributed by atoms with Gasteiger partial charge in [-0.15, -0.1) is 0 Å². The molecule has 0 radical (unpaired) electrons. The number of carbonyl (C=O) groups excluding carboxylic acids is 1. The van der Waals surface area contributed by atoms with E-state index in [-0.39, 0.29) is 16.5 Å². The number of nitrogens with zero attached hydrogens (tertiary/aromatic N) is 4. The molecule has 0 aliphatic rings. The normalized spacial score (nSPS) is 12.6. The maximum atomic E-state index is 12.9. The molecule has 4 aromatic rings. The van der Waals surface area contributed by atoms with Crippen molar-refractivity contribution >= 4 is 36.9 Å². The van der Waals surface area contributed by atoms with Gasteiger partial charge in [0.05, 0.1) is 29.9 Å². The second kappa shape index (κ2) is 10.4. The summed E-state index contributed by atoms with van der Waals surface area (Å²) in [6.07, 6.45) is 1.81. The number of hydrogen-bond donors (Lipinski definition) is 2. The fourth-order valence-electron chi connectivity index (χ4n) is 3.81. The lowest BCUT2D eigenvalue weighted by atomic mass is 9.92. The van der Waals surface area contributed by atoms with E-state index in [9.17, 15) is 4.79 Å². The zero-order chi connectivity index (χ0) is 27.7. The van der Waals surface area contributed by atoms with Crippen molar-refractivity contribution in [3.05, 3.63) is 66.6 Å². The summed E-state index contributed by atoms with van der Waals surface area (Å²) in [7, 11) is -1.88. The number of aromatic nitrogens is 4. The summed E-state index contributed by atoms with van der Waals surface area (Å²) in [4.78, 5) is 17.4. The number of nitrogens with one attached hydrogen (secondary N) is 2. The lowest BCUT2D eigenvalue weighted by molar-refractivity contribution is 0.260. The highest BCUT2D eigenvalue weighted by molar-refractivity contribution is 6.74. The van der Waals surface area contributed by atoms with Gasteiger partial charge >= 0.3 is 6.03 Å². The number of rotatable bonds is 7. The van der Waals surface area contributed by atoms with Crippen LogP contribution in [-0.4, -0.2) is 40.3 Å². The summed E-state index contributed by atoms with van der Waals surface area (Å²) in [5.74, 6) is 0.646. The molecule has 2 N–H and O–H groups in total. The Bertz CT molecular complexity index is 1410. The van der Waals surface area contributed by atoms with Gasteiger partial charge in [0, 0.05) is 22.9 Å². The molecule has 0 atom stereocenters. The molecule has 9 heteroatoms. The Morgan fingerprint density at radius 3 is 2.32 bits per heavy atom. The van der Waals surface area contributed by atoms with E-state index in [1.165, 1.54) is 0 Å². The number of anilines is 2. The number of amides is 2. The highest BCUT2D eigenvalue weighted by atomic mass is 28.4. The minimum atomic E-state index is -1.88. The van der Waals surface area contributed by atoms with Crippen LogP contribution >= 0.6 is 0 Å². The van der Waals surface area contributed by atoms with Crippen LogP contribution < -0.4 is 10.6 Å². The van der Waals surface area contributed by atoms with Crippen molar-refractivity contribution in [2.24, 2.45) is 0 Å².